The van der Waals surface area contributed by atoms with Gasteiger partial charge in [-0.1, -0.05) is 18.2 Å². The van der Waals surface area contributed by atoms with Crippen molar-refractivity contribution in [3.63, 3.8) is 0 Å². The van der Waals surface area contributed by atoms with Crippen molar-refractivity contribution in [2.24, 2.45) is 14.1 Å². The van der Waals surface area contributed by atoms with E-state index in [0.717, 1.165) is 39.6 Å². The van der Waals surface area contributed by atoms with E-state index in [1.54, 1.807) is 12.3 Å². The zero-order valence-electron chi connectivity index (χ0n) is 16.5. The summed E-state index contributed by atoms with van der Waals surface area (Å²) in [6.45, 7) is 0. The summed E-state index contributed by atoms with van der Waals surface area (Å²) >= 11 is 0. The molecule has 5 aromatic rings. The Kier molecular flexibility index (Phi) is 4.20. The molecule has 0 saturated carbocycles. The molecule has 0 bridgehead atoms. The third-order valence-corrected chi connectivity index (χ3v) is 5.37. The number of benzene rings is 2. The Balaban J connectivity index is 1.61. The molecule has 0 amide bonds. The Bertz CT molecular complexity index is 1380. The topological polar surface area (TPSA) is 35.6 Å². The first-order chi connectivity index (χ1) is 14.5. The number of fused-ring (bicyclic) bond motifs is 1. The maximum Gasteiger partial charge on any atom is 0.168 e. The summed E-state index contributed by atoms with van der Waals surface area (Å²) in [6.07, 6.45) is 1.74. The van der Waals surface area contributed by atoms with Gasteiger partial charge in [0.15, 0.2) is 11.6 Å². The lowest BCUT2D eigenvalue weighted by molar-refractivity contribution is 0.510. The minimum atomic E-state index is -0.851. The molecule has 0 aliphatic rings. The van der Waals surface area contributed by atoms with E-state index >= 15 is 0 Å². The van der Waals surface area contributed by atoms with Crippen LogP contribution in [0.15, 0.2) is 72.9 Å². The summed E-state index contributed by atoms with van der Waals surface area (Å²) in [5, 5.41) is 5.53. The van der Waals surface area contributed by atoms with Gasteiger partial charge in [0.25, 0.3) is 0 Å². The molecule has 0 N–H and O–H groups in total. The van der Waals surface area contributed by atoms with Crippen molar-refractivity contribution in [2.75, 3.05) is 0 Å². The first-order valence-electron chi connectivity index (χ1n) is 9.52. The van der Waals surface area contributed by atoms with Gasteiger partial charge in [-0.05, 0) is 48.5 Å². The maximum atomic E-state index is 14.4. The van der Waals surface area contributed by atoms with Gasteiger partial charge in [-0.2, -0.15) is 5.10 Å². The van der Waals surface area contributed by atoms with Crippen molar-refractivity contribution < 1.29 is 8.78 Å². The normalized spacial score (nSPS) is 11.3. The second-order valence-electron chi connectivity index (χ2n) is 7.22. The van der Waals surface area contributed by atoms with Gasteiger partial charge >= 0.3 is 0 Å². The van der Waals surface area contributed by atoms with Crippen LogP contribution in [0.1, 0.15) is 0 Å². The molecule has 0 radical (unpaired) electrons. The molecule has 148 valence electrons. The summed E-state index contributed by atoms with van der Waals surface area (Å²) in [7, 11) is 3.75. The Morgan fingerprint density at radius 3 is 2.47 bits per heavy atom. The van der Waals surface area contributed by atoms with E-state index in [1.165, 1.54) is 6.07 Å². The van der Waals surface area contributed by atoms with E-state index in [4.69, 9.17) is 0 Å². The van der Waals surface area contributed by atoms with Crippen molar-refractivity contribution in [1.82, 2.24) is 19.3 Å². The molecule has 4 nitrogen and oxygen atoms in total. The van der Waals surface area contributed by atoms with E-state index in [2.05, 4.69) is 10.1 Å². The van der Waals surface area contributed by atoms with Gasteiger partial charge in [-0.25, -0.2) is 8.78 Å². The minimum Gasteiger partial charge on any atom is -0.344 e. The van der Waals surface area contributed by atoms with Crippen LogP contribution in [-0.4, -0.2) is 19.3 Å². The van der Waals surface area contributed by atoms with Crippen LogP contribution in [0.25, 0.3) is 44.8 Å². The number of rotatable bonds is 3. The van der Waals surface area contributed by atoms with Gasteiger partial charge in [0.1, 0.15) is 5.69 Å². The zero-order valence-corrected chi connectivity index (χ0v) is 16.5. The summed E-state index contributed by atoms with van der Waals surface area (Å²) in [5.74, 6) is -1.69. The molecule has 6 heteroatoms. The second kappa shape index (κ2) is 6.91. The predicted molar refractivity (Wildman–Crippen MR) is 114 cm³/mol. The molecular weight excluding hydrogens is 382 g/mol. The van der Waals surface area contributed by atoms with Crippen molar-refractivity contribution in [1.29, 1.82) is 0 Å². The third kappa shape index (κ3) is 2.88. The minimum absolute atomic E-state index is 0.244. The largest absolute Gasteiger partial charge is 0.344 e. The van der Waals surface area contributed by atoms with Crippen LogP contribution in [-0.2, 0) is 14.1 Å². The molecule has 0 aliphatic carbocycles. The van der Waals surface area contributed by atoms with Crippen LogP contribution in [0.2, 0.25) is 0 Å². The van der Waals surface area contributed by atoms with Gasteiger partial charge in [0.05, 0.1) is 17.1 Å². The molecule has 30 heavy (non-hydrogen) atoms. The standard InChI is InChI=1S/C24H18F2N4/c1-29-21-10-9-15(22-14-20(28-30(22)2)19-8-3-4-11-27-19)12-16(21)13-23(29)17-6-5-7-18(25)24(17)26/h3-14H,1-2H3. The Morgan fingerprint density at radius 2 is 1.67 bits per heavy atom. The van der Waals surface area contributed by atoms with E-state index in [9.17, 15) is 8.78 Å². The molecule has 3 aromatic heterocycles. The van der Waals surface area contributed by atoms with Gasteiger partial charge in [0, 0.05) is 42.3 Å². The first-order valence-corrected chi connectivity index (χ1v) is 9.52. The third-order valence-electron chi connectivity index (χ3n) is 5.37. The molecule has 2 aromatic carbocycles. The van der Waals surface area contributed by atoms with Gasteiger partial charge in [0.2, 0.25) is 0 Å². The Morgan fingerprint density at radius 1 is 0.800 bits per heavy atom. The lowest BCUT2D eigenvalue weighted by atomic mass is 10.1. The number of hydrogen-bond donors (Lipinski definition) is 0. The lowest BCUT2D eigenvalue weighted by Crippen LogP contribution is -1.96. The van der Waals surface area contributed by atoms with E-state index < -0.39 is 11.6 Å². The smallest absolute Gasteiger partial charge is 0.168 e. The summed E-state index contributed by atoms with van der Waals surface area (Å²) < 4.78 is 31.8. The molecule has 5 rings (SSSR count). The highest BCUT2D eigenvalue weighted by molar-refractivity contribution is 5.90. The molecule has 0 spiro atoms. The number of aromatic nitrogens is 4. The van der Waals surface area contributed by atoms with Crippen LogP contribution >= 0.6 is 0 Å². The monoisotopic (exact) mass is 400 g/mol. The number of nitrogens with zero attached hydrogens (tertiary/aromatic N) is 4. The number of hydrogen-bond acceptors (Lipinski definition) is 2. The Labute approximate surface area is 172 Å². The van der Waals surface area contributed by atoms with Gasteiger partial charge in [-0.3, -0.25) is 9.67 Å². The molecule has 0 saturated heterocycles. The van der Waals surface area contributed by atoms with Crippen molar-refractivity contribution in [3.8, 4) is 33.9 Å². The zero-order chi connectivity index (χ0) is 20.8. The molecule has 3 heterocycles. The quantitative estimate of drug-likeness (QED) is 0.396. The highest BCUT2D eigenvalue weighted by Gasteiger charge is 2.16. The van der Waals surface area contributed by atoms with Crippen molar-refractivity contribution >= 4 is 10.9 Å². The van der Waals surface area contributed by atoms with Gasteiger partial charge in [-0.15, -0.1) is 0 Å². The molecule has 0 atom stereocenters. The SMILES string of the molecule is Cn1nc(-c2ccccn2)cc1-c1ccc2c(c1)cc(-c1cccc(F)c1F)n2C. The summed E-state index contributed by atoms with van der Waals surface area (Å²) in [4.78, 5) is 4.37. The highest BCUT2D eigenvalue weighted by atomic mass is 19.2. The molecular formula is C24H18F2N4. The predicted octanol–water partition coefficient (Wildman–Crippen LogP) is 5.59. The number of halogens is 2. The van der Waals surface area contributed by atoms with E-state index in [-0.39, 0.29) is 5.56 Å². The fraction of sp³-hybridized carbons (Fsp3) is 0.0833. The van der Waals surface area contributed by atoms with Crippen molar-refractivity contribution in [3.05, 3.63) is 84.6 Å². The first kappa shape index (κ1) is 18.2. The van der Waals surface area contributed by atoms with Crippen LogP contribution in [0, 0.1) is 11.6 Å². The number of aryl methyl sites for hydroxylation is 2. The second-order valence-corrected chi connectivity index (χ2v) is 7.22. The summed E-state index contributed by atoms with van der Waals surface area (Å²) in [5.41, 5.74) is 5.33. The molecule has 0 fully saturated rings. The summed E-state index contributed by atoms with van der Waals surface area (Å²) in [6, 6.07) is 19.9. The number of pyridine rings is 1. The maximum absolute atomic E-state index is 14.4. The van der Waals surface area contributed by atoms with E-state index in [0.29, 0.717) is 5.69 Å². The van der Waals surface area contributed by atoms with Crippen LogP contribution in [0.4, 0.5) is 8.78 Å². The van der Waals surface area contributed by atoms with Crippen LogP contribution < -0.4 is 0 Å². The fourth-order valence-electron chi connectivity index (χ4n) is 3.85. The molecule has 0 aliphatic heterocycles. The highest BCUT2D eigenvalue weighted by Crippen LogP contribution is 2.33. The fourth-order valence-corrected chi connectivity index (χ4v) is 3.85. The Hall–Kier alpha value is -3.80. The average molecular weight is 400 g/mol. The van der Waals surface area contributed by atoms with Gasteiger partial charge < -0.3 is 4.57 Å². The lowest BCUT2D eigenvalue weighted by Gasteiger charge is -2.06. The van der Waals surface area contributed by atoms with Crippen LogP contribution in [0.5, 0.6) is 0 Å². The van der Waals surface area contributed by atoms with E-state index in [1.807, 2.05) is 71.9 Å². The molecule has 0 unspecified atom stereocenters. The van der Waals surface area contributed by atoms with Crippen molar-refractivity contribution in [2.45, 2.75) is 0 Å². The van der Waals surface area contributed by atoms with Crippen LogP contribution in [0.3, 0.4) is 0 Å². The average Bonchev–Trinajstić information content (AvgIpc) is 3.30.